The van der Waals surface area contributed by atoms with Crippen LogP contribution in [0, 0.1) is 0 Å². The SMILES string of the molecule is CP.[H-].[Mn].[Na+]. The molecule has 0 aliphatic heterocycles. The molecule has 0 spiro atoms. The van der Waals surface area contributed by atoms with Crippen molar-refractivity contribution in [1.29, 1.82) is 0 Å². The van der Waals surface area contributed by atoms with Gasteiger partial charge in [-0.05, 0) is 0 Å². The average Bonchev–Trinajstić information content (AvgIpc) is 1.00. The Morgan fingerprint density at radius 3 is 1.50 bits per heavy atom. The molecule has 0 fully saturated rings. The minimum absolute atomic E-state index is 0. The molecule has 0 amide bonds. The van der Waals surface area contributed by atoms with Crippen molar-refractivity contribution in [1.82, 2.24) is 0 Å². The zero-order valence-electron chi connectivity index (χ0n) is 3.96. The third-order valence-electron chi connectivity index (χ3n) is 0. The fraction of sp³-hybridized carbons (Fsp3) is 1.00. The maximum atomic E-state index is 2.42. The summed E-state index contributed by atoms with van der Waals surface area (Å²) in [6.45, 7) is 1.92. The molecule has 1 atom stereocenters. The van der Waals surface area contributed by atoms with Crippen LogP contribution in [-0.4, -0.2) is 6.66 Å². The summed E-state index contributed by atoms with van der Waals surface area (Å²) in [5, 5.41) is 0. The van der Waals surface area contributed by atoms with Crippen LogP contribution >= 0.6 is 9.24 Å². The Bertz CT molecular complexity index is 11.6. The van der Waals surface area contributed by atoms with Crippen LogP contribution in [0.2, 0.25) is 0 Å². The summed E-state index contributed by atoms with van der Waals surface area (Å²) < 4.78 is 0. The molecule has 0 aromatic carbocycles. The van der Waals surface area contributed by atoms with E-state index in [2.05, 4.69) is 9.24 Å². The third kappa shape index (κ3) is 9.04. The van der Waals surface area contributed by atoms with Crippen molar-refractivity contribution in [2.24, 2.45) is 0 Å². The predicted octanol–water partition coefficient (Wildman–Crippen LogP) is -2.39. The van der Waals surface area contributed by atoms with Crippen molar-refractivity contribution in [2.75, 3.05) is 6.66 Å². The van der Waals surface area contributed by atoms with Gasteiger partial charge in [0, 0.05) is 17.1 Å². The molecular weight excluding hydrogens is 121 g/mol. The number of rotatable bonds is 0. The van der Waals surface area contributed by atoms with Crippen LogP contribution < -0.4 is 29.6 Å². The quantitative estimate of drug-likeness (QED) is 0.251. The van der Waals surface area contributed by atoms with Gasteiger partial charge in [0.15, 0.2) is 0 Å². The molecular formula is CH6MnNaP. The molecule has 3 heteroatoms. The van der Waals surface area contributed by atoms with Crippen LogP contribution in [0.4, 0.5) is 0 Å². The van der Waals surface area contributed by atoms with Gasteiger partial charge in [-0.15, -0.1) is 9.24 Å². The molecule has 0 saturated carbocycles. The molecule has 0 aromatic rings. The molecule has 0 saturated heterocycles. The fourth-order valence-electron chi connectivity index (χ4n) is 0. The molecule has 0 aromatic heterocycles. The van der Waals surface area contributed by atoms with Crippen LogP contribution in [0.1, 0.15) is 1.43 Å². The topological polar surface area (TPSA) is 0 Å². The van der Waals surface area contributed by atoms with E-state index in [9.17, 15) is 0 Å². The van der Waals surface area contributed by atoms with Crippen molar-refractivity contribution in [2.45, 2.75) is 0 Å². The normalized spacial score (nSPS) is 1.50. The van der Waals surface area contributed by atoms with Crippen molar-refractivity contribution in [3.63, 3.8) is 0 Å². The molecule has 23 valence electrons. The summed E-state index contributed by atoms with van der Waals surface area (Å²) in [6, 6.07) is 0. The molecule has 0 heterocycles. The molecule has 0 aliphatic carbocycles. The second kappa shape index (κ2) is 20.3. The standard InChI is InChI=1S/CH5P.Mn.Na.H/c1-2;;;/h2H2,1H3;;;/q;;+1;-1. The Balaban J connectivity index is -0.00000000167. The average molecular weight is 127 g/mol. The molecule has 0 rings (SSSR count). The van der Waals surface area contributed by atoms with Gasteiger partial charge in [-0.2, -0.15) is 0 Å². The Morgan fingerprint density at radius 1 is 1.50 bits per heavy atom. The maximum Gasteiger partial charge on any atom is 1.00 e. The van der Waals surface area contributed by atoms with Gasteiger partial charge in [-0.3, -0.25) is 0 Å². The molecule has 1 radical (unpaired) electrons. The molecule has 0 N–H and O–H groups in total. The molecule has 0 bridgehead atoms. The second-order valence-electron chi connectivity index (χ2n) is 0. The largest absolute Gasteiger partial charge is 1.00 e. The van der Waals surface area contributed by atoms with E-state index in [1.807, 2.05) is 6.66 Å². The summed E-state index contributed by atoms with van der Waals surface area (Å²) in [5.74, 6) is 0. The zero-order chi connectivity index (χ0) is 2.00. The van der Waals surface area contributed by atoms with Crippen LogP contribution in [0.3, 0.4) is 0 Å². The predicted molar refractivity (Wildman–Crippen MR) is 16.7 cm³/mol. The van der Waals surface area contributed by atoms with E-state index in [1.54, 1.807) is 0 Å². The third-order valence-corrected chi connectivity index (χ3v) is 0. The minimum Gasteiger partial charge on any atom is -1.00 e. The summed E-state index contributed by atoms with van der Waals surface area (Å²) in [7, 11) is 2.42. The van der Waals surface area contributed by atoms with Gasteiger partial charge in [-0.1, -0.05) is 6.66 Å². The first-order valence-electron chi connectivity index (χ1n) is 0.577. The van der Waals surface area contributed by atoms with Crippen LogP contribution in [0.5, 0.6) is 0 Å². The maximum absolute atomic E-state index is 2.42. The van der Waals surface area contributed by atoms with Gasteiger partial charge in [0.25, 0.3) is 0 Å². The minimum atomic E-state index is 0. The van der Waals surface area contributed by atoms with Gasteiger partial charge < -0.3 is 1.43 Å². The van der Waals surface area contributed by atoms with E-state index in [1.165, 1.54) is 0 Å². The van der Waals surface area contributed by atoms with Crippen molar-refractivity contribution in [3.8, 4) is 0 Å². The summed E-state index contributed by atoms with van der Waals surface area (Å²) >= 11 is 0. The first-order chi connectivity index (χ1) is 1.00. The van der Waals surface area contributed by atoms with Gasteiger partial charge >= 0.3 is 29.6 Å². The first-order valence-corrected chi connectivity index (χ1v) is 1.73. The number of hydrogen-bond acceptors (Lipinski definition) is 0. The molecule has 0 nitrogen and oxygen atoms in total. The Kier molecular flexibility index (Phi) is 85.1. The van der Waals surface area contributed by atoms with E-state index in [0.717, 1.165) is 0 Å². The van der Waals surface area contributed by atoms with Gasteiger partial charge in [0.1, 0.15) is 0 Å². The van der Waals surface area contributed by atoms with Crippen molar-refractivity contribution < 1.29 is 48.1 Å². The summed E-state index contributed by atoms with van der Waals surface area (Å²) in [6.07, 6.45) is 0. The van der Waals surface area contributed by atoms with Gasteiger partial charge in [0.2, 0.25) is 0 Å². The van der Waals surface area contributed by atoms with Crippen LogP contribution in [0.15, 0.2) is 0 Å². The fourth-order valence-corrected chi connectivity index (χ4v) is 0. The van der Waals surface area contributed by atoms with Crippen LogP contribution in [-0.2, 0) is 17.1 Å². The van der Waals surface area contributed by atoms with Crippen LogP contribution in [0.25, 0.3) is 0 Å². The zero-order valence-corrected chi connectivity index (χ0v) is 7.29. The molecule has 0 aliphatic rings. The Hall–Kier alpha value is 1.95. The van der Waals surface area contributed by atoms with E-state index in [4.69, 9.17) is 0 Å². The van der Waals surface area contributed by atoms with E-state index >= 15 is 0 Å². The molecule has 1 unspecified atom stereocenters. The van der Waals surface area contributed by atoms with Crippen molar-refractivity contribution in [3.05, 3.63) is 0 Å². The molecule has 4 heavy (non-hydrogen) atoms. The van der Waals surface area contributed by atoms with E-state index < -0.39 is 0 Å². The Labute approximate surface area is 63.6 Å². The second-order valence-corrected chi connectivity index (χ2v) is 0. The van der Waals surface area contributed by atoms with Gasteiger partial charge in [0.05, 0.1) is 0 Å². The van der Waals surface area contributed by atoms with E-state index in [0.29, 0.717) is 0 Å². The van der Waals surface area contributed by atoms with Gasteiger partial charge in [-0.25, -0.2) is 0 Å². The summed E-state index contributed by atoms with van der Waals surface area (Å²) in [4.78, 5) is 0. The monoisotopic (exact) mass is 127 g/mol. The first kappa shape index (κ1) is 16.8. The summed E-state index contributed by atoms with van der Waals surface area (Å²) in [5.41, 5.74) is 0. The number of hydrogen-bond donors (Lipinski definition) is 0. The van der Waals surface area contributed by atoms with Crippen molar-refractivity contribution >= 4 is 9.24 Å². The Morgan fingerprint density at radius 2 is 1.50 bits per heavy atom. The van der Waals surface area contributed by atoms with E-state index in [-0.39, 0.29) is 48.1 Å². The smallest absolute Gasteiger partial charge is 1.00 e.